The van der Waals surface area contributed by atoms with Gasteiger partial charge in [-0.15, -0.1) is 10.2 Å². The molecule has 0 bridgehead atoms. The van der Waals surface area contributed by atoms with Crippen molar-refractivity contribution >= 4 is 15.9 Å². The second-order valence-electron chi connectivity index (χ2n) is 5.64. The highest BCUT2D eigenvalue weighted by atomic mass is 32.2. The Kier molecular flexibility index (Phi) is 4.98. The Morgan fingerprint density at radius 3 is 2.43 bits per heavy atom. The fraction of sp³-hybridized carbons (Fsp3) is 0.750. The molecule has 0 radical (unpaired) electrons. The molecule has 0 aliphatic carbocycles. The summed E-state index contributed by atoms with van der Waals surface area (Å²) in [7, 11) is -3.44. The Balaban J connectivity index is 3.06. The van der Waals surface area contributed by atoms with Crippen LogP contribution in [0.15, 0.2) is 5.16 Å². The van der Waals surface area contributed by atoms with Crippen LogP contribution in [0.5, 0.6) is 0 Å². The quantitative estimate of drug-likeness (QED) is 0.838. The smallest absolute Gasteiger partial charge is 0.405 e. The van der Waals surface area contributed by atoms with Crippen molar-refractivity contribution in [2.75, 3.05) is 6.26 Å². The molecule has 0 aliphatic rings. The lowest BCUT2D eigenvalue weighted by Gasteiger charge is -2.27. The van der Waals surface area contributed by atoms with Crippen LogP contribution in [-0.4, -0.2) is 41.1 Å². The van der Waals surface area contributed by atoms with E-state index in [9.17, 15) is 13.2 Å². The second kappa shape index (κ2) is 6.00. The molecular weight excluding hydrogens is 296 g/mol. The van der Waals surface area contributed by atoms with Crippen molar-refractivity contribution < 1.29 is 17.9 Å². The Morgan fingerprint density at radius 1 is 1.43 bits per heavy atom. The average molecular weight is 318 g/mol. The van der Waals surface area contributed by atoms with Crippen molar-refractivity contribution in [3.05, 3.63) is 5.82 Å². The third kappa shape index (κ3) is 4.42. The van der Waals surface area contributed by atoms with Gasteiger partial charge in [0.05, 0.1) is 0 Å². The molecule has 1 rings (SSSR count). The van der Waals surface area contributed by atoms with Gasteiger partial charge in [0.25, 0.3) is 0 Å². The molecule has 0 aromatic carbocycles. The van der Waals surface area contributed by atoms with Gasteiger partial charge in [0.15, 0.2) is 0 Å². The summed E-state index contributed by atoms with van der Waals surface area (Å²) < 4.78 is 29.9. The van der Waals surface area contributed by atoms with E-state index < -0.39 is 21.5 Å². The summed E-state index contributed by atoms with van der Waals surface area (Å²) in [6, 6.07) is 0. The van der Waals surface area contributed by atoms with Crippen LogP contribution in [-0.2, 0) is 21.1 Å². The van der Waals surface area contributed by atoms with E-state index in [1.54, 1.807) is 18.4 Å². The van der Waals surface area contributed by atoms with E-state index in [2.05, 4.69) is 10.2 Å². The number of hydrogen-bond acceptors (Lipinski definition) is 6. The van der Waals surface area contributed by atoms with E-state index in [1.165, 1.54) is 0 Å². The zero-order chi connectivity index (χ0) is 16.4. The number of ether oxygens (including phenoxy) is 1. The van der Waals surface area contributed by atoms with Gasteiger partial charge in [-0.25, -0.2) is 13.2 Å². The minimum absolute atomic E-state index is 0.0551. The van der Waals surface area contributed by atoms with Crippen LogP contribution in [0, 0.1) is 0 Å². The first-order valence-corrected chi connectivity index (χ1v) is 8.48. The molecule has 0 aliphatic heterocycles. The van der Waals surface area contributed by atoms with Gasteiger partial charge in [-0.1, -0.05) is 6.92 Å². The highest BCUT2D eigenvalue weighted by Crippen LogP contribution is 2.28. The van der Waals surface area contributed by atoms with Gasteiger partial charge in [-0.2, -0.15) is 0 Å². The Bertz CT molecular complexity index is 621. The third-order valence-corrected chi connectivity index (χ3v) is 3.97. The van der Waals surface area contributed by atoms with Gasteiger partial charge in [0, 0.05) is 18.7 Å². The van der Waals surface area contributed by atoms with Gasteiger partial charge in [-0.3, -0.25) is 0 Å². The maximum atomic E-state index is 11.7. The first-order valence-electron chi connectivity index (χ1n) is 6.59. The average Bonchev–Trinajstić information content (AvgIpc) is 2.68. The lowest BCUT2D eigenvalue weighted by molar-refractivity contribution is 0.0340. The summed E-state index contributed by atoms with van der Waals surface area (Å²) in [6.45, 7) is 7.59. The second-order valence-corrected chi connectivity index (χ2v) is 7.55. The molecule has 0 spiro atoms. The van der Waals surface area contributed by atoms with Crippen molar-refractivity contribution in [2.24, 2.45) is 5.73 Å². The highest BCUT2D eigenvalue weighted by Gasteiger charge is 2.29. The highest BCUT2D eigenvalue weighted by molar-refractivity contribution is 7.90. The molecule has 1 aromatic heterocycles. The van der Waals surface area contributed by atoms with E-state index in [0.29, 0.717) is 18.8 Å². The molecule has 0 saturated heterocycles. The van der Waals surface area contributed by atoms with Crippen molar-refractivity contribution in [3.8, 4) is 0 Å². The monoisotopic (exact) mass is 318 g/mol. The number of hydrogen-bond donors (Lipinski definition) is 1. The summed E-state index contributed by atoms with van der Waals surface area (Å²) >= 11 is 0. The van der Waals surface area contributed by atoms with Crippen LogP contribution in [0.25, 0.3) is 0 Å². The third-order valence-electron chi connectivity index (χ3n) is 3.01. The van der Waals surface area contributed by atoms with E-state index in [-0.39, 0.29) is 11.1 Å². The number of aromatic nitrogens is 3. The van der Waals surface area contributed by atoms with Crippen molar-refractivity contribution in [1.29, 1.82) is 0 Å². The number of nitrogens with zero attached hydrogens (tertiary/aromatic N) is 3. The number of amides is 1. The van der Waals surface area contributed by atoms with Gasteiger partial charge in [0.2, 0.25) is 15.0 Å². The SMILES string of the molecule is CCn1c([C@H](C)CC(C)(C)OC(N)=O)nnc1S(C)(=O)=O. The van der Waals surface area contributed by atoms with Crippen LogP contribution in [0.3, 0.4) is 0 Å². The van der Waals surface area contributed by atoms with E-state index in [1.807, 2.05) is 13.8 Å². The summed E-state index contributed by atoms with van der Waals surface area (Å²) in [5.74, 6) is 0.390. The molecule has 1 amide bonds. The van der Waals surface area contributed by atoms with Crippen molar-refractivity contribution in [2.45, 2.75) is 57.3 Å². The van der Waals surface area contributed by atoms with Gasteiger partial charge < -0.3 is 15.0 Å². The van der Waals surface area contributed by atoms with Gasteiger partial charge in [0.1, 0.15) is 11.4 Å². The molecule has 0 fully saturated rings. The molecule has 21 heavy (non-hydrogen) atoms. The minimum atomic E-state index is -3.44. The summed E-state index contributed by atoms with van der Waals surface area (Å²) in [5.41, 5.74) is 4.26. The number of nitrogens with two attached hydrogens (primary N) is 1. The Labute approximate surface area is 124 Å². The van der Waals surface area contributed by atoms with Gasteiger partial charge >= 0.3 is 6.09 Å². The fourth-order valence-corrected chi connectivity index (χ4v) is 3.19. The molecule has 2 N–H and O–H groups in total. The minimum Gasteiger partial charge on any atom is -0.444 e. The van der Waals surface area contributed by atoms with E-state index in [0.717, 1.165) is 6.26 Å². The lowest BCUT2D eigenvalue weighted by Crippen LogP contribution is -2.32. The molecular formula is C12H22N4O4S. The Morgan fingerprint density at radius 2 is 2.00 bits per heavy atom. The van der Waals surface area contributed by atoms with E-state index in [4.69, 9.17) is 10.5 Å². The molecule has 1 heterocycles. The maximum Gasteiger partial charge on any atom is 0.405 e. The molecule has 120 valence electrons. The van der Waals surface area contributed by atoms with Crippen molar-refractivity contribution in [1.82, 2.24) is 14.8 Å². The normalized spacial score (nSPS) is 14.0. The fourth-order valence-electron chi connectivity index (χ4n) is 2.38. The summed E-state index contributed by atoms with van der Waals surface area (Å²) in [4.78, 5) is 10.9. The number of primary amides is 1. The molecule has 1 atom stereocenters. The summed E-state index contributed by atoms with van der Waals surface area (Å²) in [5, 5.41) is 7.69. The van der Waals surface area contributed by atoms with Crippen LogP contribution in [0.4, 0.5) is 4.79 Å². The molecule has 1 aromatic rings. The zero-order valence-electron chi connectivity index (χ0n) is 13.0. The predicted octanol–water partition coefficient (Wildman–Crippen LogP) is 1.07. The maximum absolute atomic E-state index is 11.7. The molecule has 8 nitrogen and oxygen atoms in total. The number of sulfone groups is 1. The largest absolute Gasteiger partial charge is 0.444 e. The molecule has 0 saturated carbocycles. The Hall–Kier alpha value is -1.64. The number of rotatable bonds is 6. The van der Waals surface area contributed by atoms with Crippen LogP contribution in [0.1, 0.15) is 45.9 Å². The van der Waals surface area contributed by atoms with Crippen LogP contribution in [0.2, 0.25) is 0 Å². The van der Waals surface area contributed by atoms with Crippen LogP contribution >= 0.6 is 0 Å². The lowest BCUT2D eigenvalue weighted by atomic mass is 9.94. The first-order chi connectivity index (χ1) is 9.48. The van der Waals surface area contributed by atoms with E-state index >= 15 is 0 Å². The number of carbonyl (C=O) groups is 1. The number of carbonyl (C=O) groups excluding carboxylic acids is 1. The standard InChI is InChI=1S/C12H22N4O4S/c1-6-16-9(14-15-11(16)21(5,18)19)8(2)7-12(3,4)20-10(13)17/h8H,6-7H2,1-5H3,(H2,13,17)/t8-/m1/s1. The first kappa shape index (κ1) is 17.4. The zero-order valence-corrected chi connectivity index (χ0v) is 13.8. The molecule has 9 heteroatoms. The van der Waals surface area contributed by atoms with Crippen molar-refractivity contribution in [3.63, 3.8) is 0 Å². The topological polar surface area (TPSA) is 117 Å². The molecule has 0 unspecified atom stereocenters. The predicted molar refractivity (Wildman–Crippen MR) is 76.6 cm³/mol. The van der Waals surface area contributed by atoms with Gasteiger partial charge in [-0.05, 0) is 27.2 Å². The van der Waals surface area contributed by atoms with Crippen LogP contribution < -0.4 is 5.73 Å². The summed E-state index contributed by atoms with van der Waals surface area (Å²) in [6.07, 6.45) is 0.691.